The molecule has 0 amide bonds. The summed E-state index contributed by atoms with van der Waals surface area (Å²) in [6, 6.07) is 0.723. The molecule has 0 aliphatic heterocycles. The lowest BCUT2D eigenvalue weighted by atomic mass is 10.5. The Morgan fingerprint density at radius 3 is 3.06 bits per heavy atom. The maximum Gasteiger partial charge on any atom is 0.122 e. The molecule has 1 saturated carbocycles. The fourth-order valence-electron chi connectivity index (χ4n) is 1.80. The minimum Gasteiger partial charge on any atom is -0.385 e. The summed E-state index contributed by atoms with van der Waals surface area (Å²) >= 11 is 0. The summed E-state index contributed by atoms with van der Waals surface area (Å²) in [5.41, 5.74) is 0. The Kier molecular flexibility index (Phi) is 5.64. The van der Waals surface area contributed by atoms with Gasteiger partial charge in [0, 0.05) is 45.3 Å². The van der Waals surface area contributed by atoms with Crippen LogP contribution in [0.15, 0.2) is 12.4 Å². The van der Waals surface area contributed by atoms with Gasteiger partial charge in [0.2, 0.25) is 0 Å². The molecule has 0 radical (unpaired) electrons. The largest absolute Gasteiger partial charge is 0.385 e. The average Bonchev–Trinajstić information content (AvgIpc) is 3.11. The van der Waals surface area contributed by atoms with Crippen LogP contribution in [0.4, 0.5) is 0 Å². The van der Waals surface area contributed by atoms with Gasteiger partial charge in [-0.3, -0.25) is 0 Å². The van der Waals surface area contributed by atoms with E-state index in [1.165, 1.54) is 12.8 Å². The Bertz CT molecular complexity index is 337. The second kappa shape index (κ2) is 7.51. The molecule has 0 spiro atoms. The first kappa shape index (κ1) is 13.5. The third-order valence-corrected chi connectivity index (χ3v) is 3.04. The van der Waals surface area contributed by atoms with Crippen molar-refractivity contribution in [2.24, 2.45) is 0 Å². The van der Waals surface area contributed by atoms with E-state index in [1.54, 1.807) is 7.11 Å². The second-order valence-corrected chi connectivity index (χ2v) is 4.65. The van der Waals surface area contributed by atoms with Crippen LogP contribution in [0, 0.1) is 0 Å². The molecule has 102 valence electrons. The molecule has 1 N–H and O–H groups in total. The van der Waals surface area contributed by atoms with Crippen LogP contribution in [-0.4, -0.2) is 42.5 Å². The molecule has 0 bridgehead atoms. The molecule has 5 nitrogen and oxygen atoms in total. The number of nitrogens with zero attached hydrogens (tertiary/aromatic N) is 2. The molecule has 5 heteroatoms. The summed E-state index contributed by atoms with van der Waals surface area (Å²) in [5.74, 6) is 1.10. The summed E-state index contributed by atoms with van der Waals surface area (Å²) < 4.78 is 12.7. The van der Waals surface area contributed by atoms with Gasteiger partial charge in [-0.05, 0) is 19.3 Å². The first-order valence-electron chi connectivity index (χ1n) is 6.70. The Balaban J connectivity index is 1.60. The van der Waals surface area contributed by atoms with Crippen molar-refractivity contribution in [3.63, 3.8) is 0 Å². The van der Waals surface area contributed by atoms with Crippen LogP contribution < -0.4 is 5.32 Å². The summed E-state index contributed by atoms with van der Waals surface area (Å²) in [4.78, 5) is 4.37. The lowest BCUT2D eigenvalue weighted by molar-refractivity contribution is 0.0972. The van der Waals surface area contributed by atoms with Crippen LogP contribution in [0.1, 0.15) is 25.1 Å². The van der Waals surface area contributed by atoms with Crippen molar-refractivity contribution >= 4 is 0 Å². The molecule has 1 aliphatic rings. The molecule has 0 atom stereocenters. The van der Waals surface area contributed by atoms with Crippen LogP contribution in [0.5, 0.6) is 0 Å². The second-order valence-electron chi connectivity index (χ2n) is 4.65. The molecule has 1 aliphatic carbocycles. The smallest absolute Gasteiger partial charge is 0.122 e. The topological polar surface area (TPSA) is 48.3 Å². The number of ether oxygens (including phenoxy) is 2. The van der Waals surface area contributed by atoms with Gasteiger partial charge in [-0.1, -0.05) is 0 Å². The van der Waals surface area contributed by atoms with Gasteiger partial charge in [-0.25, -0.2) is 4.98 Å². The number of methoxy groups -OCH3 is 1. The number of hydrogen-bond donors (Lipinski definition) is 1. The standard InChI is InChI=1S/C13H23N3O2/c1-17-8-2-9-18-10-7-16-6-5-14-13(16)11-15-12-3-4-12/h5-6,12,15H,2-4,7-11H2,1H3. The van der Waals surface area contributed by atoms with E-state index in [1.807, 2.05) is 12.4 Å². The van der Waals surface area contributed by atoms with Crippen molar-refractivity contribution in [1.29, 1.82) is 0 Å². The minimum absolute atomic E-state index is 0.723. The van der Waals surface area contributed by atoms with E-state index >= 15 is 0 Å². The number of aromatic nitrogens is 2. The van der Waals surface area contributed by atoms with Crippen molar-refractivity contribution in [3.05, 3.63) is 18.2 Å². The zero-order valence-electron chi connectivity index (χ0n) is 11.1. The maximum atomic E-state index is 5.55. The highest BCUT2D eigenvalue weighted by Gasteiger charge is 2.20. The molecule has 18 heavy (non-hydrogen) atoms. The number of nitrogens with one attached hydrogen (secondary N) is 1. The molecule has 1 fully saturated rings. The van der Waals surface area contributed by atoms with Gasteiger partial charge in [0.05, 0.1) is 13.2 Å². The Labute approximate surface area is 108 Å². The minimum atomic E-state index is 0.723. The molecule has 0 unspecified atom stereocenters. The average molecular weight is 253 g/mol. The van der Waals surface area contributed by atoms with Crippen molar-refractivity contribution < 1.29 is 9.47 Å². The number of imidazole rings is 1. The molecule has 0 saturated heterocycles. The molecular weight excluding hydrogens is 230 g/mol. The zero-order valence-corrected chi connectivity index (χ0v) is 11.1. The molecule has 1 heterocycles. The maximum absolute atomic E-state index is 5.55. The monoisotopic (exact) mass is 253 g/mol. The van der Waals surface area contributed by atoms with E-state index in [9.17, 15) is 0 Å². The van der Waals surface area contributed by atoms with Crippen LogP contribution in [0.2, 0.25) is 0 Å². The normalized spacial score (nSPS) is 15.2. The Morgan fingerprint density at radius 1 is 1.39 bits per heavy atom. The lowest BCUT2D eigenvalue weighted by Crippen LogP contribution is -2.19. The van der Waals surface area contributed by atoms with Crippen molar-refractivity contribution in [3.8, 4) is 0 Å². The van der Waals surface area contributed by atoms with Gasteiger partial charge in [-0.15, -0.1) is 0 Å². The van der Waals surface area contributed by atoms with E-state index in [-0.39, 0.29) is 0 Å². The first-order chi connectivity index (χ1) is 8.90. The molecular formula is C13H23N3O2. The lowest BCUT2D eigenvalue weighted by Gasteiger charge is -2.09. The van der Waals surface area contributed by atoms with Crippen LogP contribution >= 0.6 is 0 Å². The highest BCUT2D eigenvalue weighted by atomic mass is 16.5. The number of hydrogen-bond acceptors (Lipinski definition) is 4. The van der Waals surface area contributed by atoms with Gasteiger partial charge in [-0.2, -0.15) is 0 Å². The highest BCUT2D eigenvalue weighted by Crippen LogP contribution is 2.18. The summed E-state index contributed by atoms with van der Waals surface area (Å²) in [7, 11) is 1.71. The molecule has 0 aromatic carbocycles. The highest BCUT2D eigenvalue weighted by molar-refractivity contribution is 4.94. The predicted octanol–water partition coefficient (Wildman–Crippen LogP) is 1.19. The van der Waals surface area contributed by atoms with Gasteiger partial charge in [0.15, 0.2) is 0 Å². The summed E-state index contributed by atoms with van der Waals surface area (Å²) in [6.07, 6.45) is 7.44. The first-order valence-corrected chi connectivity index (χ1v) is 6.70. The van der Waals surface area contributed by atoms with Gasteiger partial charge in [0.1, 0.15) is 5.82 Å². The van der Waals surface area contributed by atoms with Crippen LogP contribution in [0.3, 0.4) is 0 Å². The Morgan fingerprint density at radius 2 is 2.28 bits per heavy atom. The van der Waals surface area contributed by atoms with Gasteiger partial charge < -0.3 is 19.4 Å². The van der Waals surface area contributed by atoms with E-state index in [0.29, 0.717) is 0 Å². The molecule has 2 rings (SSSR count). The molecule has 1 aromatic rings. The predicted molar refractivity (Wildman–Crippen MR) is 69.4 cm³/mol. The van der Waals surface area contributed by atoms with Crippen LogP contribution in [-0.2, 0) is 22.6 Å². The molecule has 1 aromatic heterocycles. The van der Waals surface area contributed by atoms with Crippen molar-refractivity contribution in [1.82, 2.24) is 14.9 Å². The van der Waals surface area contributed by atoms with Gasteiger partial charge in [0.25, 0.3) is 0 Å². The van der Waals surface area contributed by atoms with Gasteiger partial charge >= 0.3 is 0 Å². The Hall–Kier alpha value is -0.910. The quantitative estimate of drug-likeness (QED) is 0.636. The van der Waals surface area contributed by atoms with E-state index in [2.05, 4.69) is 14.9 Å². The third kappa shape index (κ3) is 4.76. The van der Waals surface area contributed by atoms with E-state index in [4.69, 9.17) is 9.47 Å². The third-order valence-electron chi connectivity index (χ3n) is 3.04. The SMILES string of the molecule is COCCCOCCn1ccnc1CNC1CC1. The fraction of sp³-hybridized carbons (Fsp3) is 0.769. The summed E-state index contributed by atoms with van der Waals surface area (Å²) in [6.45, 7) is 3.99. The van der Waals surface area contributed by atoms with E-state index < -0.39 is 0 Å². The summed E-state index contributed by atoms with van der Waals surface area (Å²) in [5, 5.41) is 3.48. The van der Waals surface area contributed by atoms with Crippen molar-refractivity contribution in [2.75, 3.05) is 26.9 Å². The van der Waals surface area contributed by atoms with E-state index in [0.717, 1.165) is 51.2 Å². The fourth-order valence-corrected chi connectivity index (χ4v) is 1.80. The van der Waals surface area contributed by atoms with Crippen LogP contribution in [0.25, 0.3) is 0 Å². The van der Waals surface area contributed by atoms with Crippen molar-refractivity contribution in [2.45, 2.75) is 38.4 Å². The number of rotatable bonds is 10. The zero-order chi connectivity index (χ0) is 12.6.